The predicted molar refractivity (Wildman–Crippen MR) is 95.9 cm³/mol. The maximum atomic E-state index is 12.1. The topological polar surface area (TPSA) is 89.5 Å². The molecule has 2 aromatic rings. The molecule has 1 N–H and O–H groups in total. The minimum absolute atomic E-state index is 0.00326. The number of esters is 1. The van der Waals surface area contributed by atoms with Gasteiger partial charge in [0.1, 0.15) is 0 Å². The first-order chi connectivity index (χ1) is 12.3. The van der Waals surface area contributed by atoms with Crippen molar-refractivity contribution in [3.8, 4) is 0 Å². The summed E-state index contributed by atoms with van der Waals surface area (Å²) >= 11 is 5.76. The summed E-state index contributed by atoms with van der Waals surface area (Å²) in [5, 5.41) is 0.504. The Morgan fingerprint density at radius 2 is 1.58 bits per heavy atom. The number of halogens is 1. The number of hydrogen-bond donors (Lipinski definition) is 1. The molecule has 1 aliphatic carbocycles. The molecule has 136 valence electrons. The van der Waals surface area contributed by atoms with Crippen LogP contribution in [0.25, 0.3) is 0 Å². The van der Waals surface area contributed by atoms with Crippen LogP contribution in [0.1, 0.15) is 33.6 Å². The highest BCUT2D eigenvalue weighted by Gasteiger charge is 2.28. The zero-order chi connectivity index (χ0) is 18.7. The van der Waals surface area contributed by atoms with E-state index in [0.29, 0.717) is 10.6 Å². The molecule has 0 bridgehead atoms. The molecule has 0 unspecified atom stereocenters. The molecule has 6 nitrogen and oxygen atoms in total. The van der Waals surface area contributed by atoms with Crippen LogP contribution in [0.3, 0.4) is 0 Å². The monoisotopic (exact) mass is 393 g/mol. The van der Waals surface area contributed by atoms with E-state index in [0.717, 1.165) is 12.8 Å². The molecule has 0 spiro atoms. The standard InChI is InChI=1S/C18H16ClNO5S/c19-14-5-1-12(2-6-14)17(21)11-25-18(22)13-3-9-16(10-4-13)26(23,24)20-15-7-8-15/h1-6,9-10,15,20H,7-8,11H2. The Balaban J connectivity index is 1.59. The molecule has 1 aliphatic rings. The lowest BCUT2D eigenvalue weighted by molar-refractivity contribution is 0.0474. The van der Waals surface area contributed by atoms with Gasteiger partial charge in [0.25, 0.3) is 0 Å². The maximum Gasteiger partial charge on any atom is 0.338 e. The number of rotatable bonds is 7. The minimum atomic E-state index is -3.57. The fraction of sp³-hybridized carbons (Fsp3) is 0.222. The molecular weight excluding hydrogens is 378 g/mol. The first kappa shape index (κ1) is 18.6. The van der Waals surface area contributed by atoms with E-state index in [1.54, 1.807) is 24.3 Å². The number of hydrogen-bond acceptors (Lipinski definition) is 5. The van der Waals surface area contributed by atoms with Crippen LogP contribution in [0.2, 0.25) is 5.02 Å². The van der Waals surface area contributed by atoms with Crippen molar-refractivity contribution in [1.82, 2.24) is 4.72 Å². The van der Waals surface area contributed by atoms with Crippen molar-refractivity contribution in [2.45, 2.75) is 23.8 Å². The van der Waals surface area contributed by atoms with Gasteiger partial charge in [-0.3, -0.25) is 4.79 Å². The molecule has 0 amide bonds. The summed E-state index contributed by atoms with van der Waals surface area (Å²) in [6.07, 6.45) is 1.68. The Morgan fingerprint density at radius 1 is 1.00 bits per heavy atom. The third-order valence-electron chi connectivity index (χ3n) is 3.80. The third-order valence-corrected chi connectivity index (χ3v) is 5.59. The molecule has 0 radical (unpaired) electrons. The predicted octanol–water partition coefficient (Wildman–Crippen LogP) is 2.82. The Bertz CT molecular complexity index is 919. The number of sulfonamides is 1. The van der Waals surface area contributed by atoms with Crippen LogP contribution < -0.4 is 4.72 Å². The van der Waals surface area contributed by atoms with Crippen molar-refractivity contribution < 1.29 is 22.7 Å². The number of carbonyl (C=O) groups excluding carboxylic acids is 2. The fourth-order valence-electron chi connectivity index (χ4n) is 2.19. The van der Waals surface area contributed by atoms with Gasteiger partial charge in [-0.2, -0.15) is 0 Å². The first-order valence-corrected chi connectivity index (χ1v) is 9.79. The highest BCUT2D eigenvalue weighted by molar-refractivity contribution is 7.89. The summed E-state index contributed by atoms with van der Waals surface area (Å²) < 4.78 is 31.7. The largest absolute Gasteiger partial charge is 0.454 e. The highest BCUT2D eigenvalue weighted by atomic mass is 35.5. The number of ether oxygens (including phenoxy) is 1. The molecule has 8 heteroatoms. The van der Waals surface area contributed by atoms with Crippen LogP contribution in [0.4, 0.5) is 0 Å². The zero-order valence-corrected chi connectivity index (χ0v) is 15.2. The van der Waals surface area contributed by atoms with Crippen molar-refractivity contribution in [2.75, 3.05) is 6.61 Å². The Kier molecular flexibility index (Phi) is 5.41. The van der Waals surface area contributed by atoms with Crippen LogP contribution in [-0.4, -0.2) is 32.8 Å². The number of Topliss-reactive ketones (excluding diaryl/α,β-unsaturated/α-hetero) is 1. The average Bonchev–Trinajstić information content (AvgIpc) is 3.43. The number of ketones is 1. The smallest absolute Gasteiger partial charge is 0.338 e. The molecule has 0 saturated heterocycles. The van der Waals surface area contributed by atoms with Gasteiger partial charge in [-0.15, -0.1) is 0 Å². The molecule has 2 aromatic carbocycles. The second-order valence-electron chi connectivity index (χ2n) is 5.93. The second kappa shape index (κ2) is 7.57. The average molecular weight is 394 g/mol. The van der Waals surface area contributed by atoms with Gasteiger partial charge in [0.05, 0.1) is 10.5 Å². The van der Waals surface area contributed by atoms with E-state index in [-0.39, 0.29) is 22.3 Å². The lowest BCUT2D eigenvalue weighted by Gasteiger charge is -2.07. The van der Waals surface area contributed by atoms with Crippen molar-refractivity contribution in [3.05, 3.63) is 64.7 Å². The Hall–Kier alpha value is -2.22. The van der Waals surface area contributed by atoms with E-state index in [2.05, 4.69) is 4.72 Å². The van der Waals surface area contributed by atoms with E-state index in [1.807, 2.05) is 0 Å². The molecule has 0 aromatic heterocycles. The normalized spacial score (nSPS) is 14.0. The molecule has 0 aliphatic heterocycles. The van der Waals surface area contributed by atoms with E-state index >= 15 is 0 Å². The van der Waals surface area contributed by atoms with Gasteiger partial charge >= 0.3 is 5.97 Å². The molecule has 26 heavy (non-hydrogen) atoms. The molecule has 0 heterocycles. The van der Waals surface area contributed by atoms with E-state index in [4.69, 9.17) is 16.3 Å². The van der Waals surface area contributed by atoms with Gasteiger partial charge in [-0.1, -0.05) is 11.6 Å². The summed E-state index contributed by atoms with van der Waals surface area (Å²) in [5.41, 5.74) is 0.550. The van der Waals surface area contributed by atoms with Crippen molar-refractivity contribution in [2.24, 2.45) is 0 Å². The molecule has 1 fully saturated rings. The summed E-state index contributed by atoms with van der Waals surface area (Å²) in [7, 11) is -3.57. The summed E-state index contributed by atoms with van der Waals surface area (Å²) in [6, 6.07) is 11.6. The van der Waals surface area contributed by atoms with Gasteiger partial charge in [-0.25, -0.2) is 17.9 Å². The summed E-state index contributed by atoms with van der Waals surface area (Å²) in [6.45, 7) is -0.413. The van der Waals surface area contributed by atoms with E-state index in [9.17, 15) is 18.0 Å². The van der Waals surface area contributed by atoms with Gasteiger partial charge in [0, 0.05) is 16.6 Å². The van der Waals surface area contributed by atoms with E-state index in [1.165, 1.54) is 24.3 Å². The summed E-state index contributed by atoms with van der Waals surface area (Å²) in [5.74, 6) is -1.06. The van der Waals surface area contributed by atoms with Crippen LogP contribution in [0, 0.1) is 0 Å². The molecule has 1 saturated carbocycles. The lowest BCUT2D eigenvalue weighted by Crippen LogP contribution is -2.25. The zero-order valence-electron chi connectivity index (χ0n) is 13.6. The van der Waals surface area contributed by atoms with Gasteiger partial charge in [0.15, 0.2) is 12.4 Å². The molecule has 0 atom stereocenters. The quantitative estimate of drug-likeness (QED) is 0.577. The number of benzene rings is 2. The molecule has 3 rings (SSSR count). The molecular formula is C18H16ClNO5S. The fourth-order valence-corrected chi connectivity index (χ4v) is 3.62. The van der Waals surface area contributed by atoms with Crippen LogP contribution in [0.5, 0.6) is 0 Å². The van der Waals surface area contributed by atoms with Crippen LogP contribution in [0.15, 0.2) is 53.4 Å². The van der Waals surface area contributed by atoms with Gasteiger partial charge in [0.2, 0.25) is 10.0 Å². The third kappa shape index (κ3) is 4.69. The first-order valence-electron chi connectivity index (χ1n) is 7.93. The SMILES string of the molecule is O=C(COC(=O)c1ccc(S(=O)(=O)NC2CC2)cc1)c1ccc(Cl)cc1. The minimum Gasteiger partial charge on any atom is -0.454 e. The Labute approximate surface area is 156 Å². The summed E-state index contributed by atoms with van der Waals surface area (Å²) in [4.78, 5) is 24.1. The highest BCUT2D eigenvalue weighted by Crippen LogP contribution is 2.22. The van der Waals surface area contributed by atoms with Crippen LogP contribution >= 0.6 is 11.6 Å². The lowest BCUT2D eigenvalue weighted by atomic mass is 10.1. The van der Waals surface area contributed by atoms with Crippen LogP contribution in [-0.2, 0) is 14.8 Å². The van der Waals surface area contributed by atoms with Gasteiger partial charge in [-0.05, 0) is 61.4 Å². The number of nitrogens with one attached hydrogen (secondary N) is 1. The maximum absolute atomic E-state index is 12.1. The van der Waals surface area contributed by atoms with Gasteiger partial charge < -0.3 is 4.74 Å². The van der Waals surface area contributed by atoms with E-state index < -0.39 is 22.6 Å². The van der Waals surface area contributed by atoms with Crippen molar-refractivity contribution >= 4 is 33.4 Å². The Morgan fingerprint density at radius 3 is 2.15 bits per heavy atom. The second-order valence-corrected chi connectivity index (χ2v) is 8.08. The van der Waals surface area contributed by atoms with Crippen molar-refractivity contribution in [1.29, 1.82) is 0 Å². The van der Waals surface area contributed by atoms with Crippen molar-refractivity contribution in [3.63, 3.8) is 0 Å². The number of carbonyl (C=O) groups is 2.